The molecule has 0 saturated carbocycles. The highest BCUT2D eigenvalue weighted by Crippen LogP contribution is 2.40. The van der Waals surface area contributed by atoms with Gasteiger partial charge in [0.2, 0.25) is 7.57 Å². The highest BCUT2D eigenvalue weighted by Gasteiger charge is 2.06. The number of aliphatic hydroxyl groups excluding tert-OH is 1. The normalized spacial score (nSPS) is 17.2. The van der Waals surface area contributed by atoms with E-state index in [1.54, 1.807) is 0 Å². The van der Waals surface area contributed by atoms with Crippen LogP contribution in [0.25, 0.3) is 0 Å². The van der Waals surface area contributed by atoms with Gasteiger partial charge in [0.15, 0.2) is 0 Å². The summed E-state index contributed by atoms with van der Waals surface area (Å²) in [7, 11) is -1.55. The van der Waals surface area contributed by atoms with Gasteiger partial charge in [-0.15, -0.1) is 0 Å². The van der Waals surface area contributed by atoms with E-state index in [2.05, 4.69) is 15.3 Å². The van der Waals surface area contributed by atoms with Crippen molar-refractivity contribution < 1.29 is 19.0 Å². The Morgan fingerprint density at radius 1 is 1.67 bits per heavy atom. The van der Waals surface area contributed by atoms with Crippen molar-refractivity contribution >= 4 is 13.9 Å². The van der Waals surface area contributed by atoms with Crippen LogP contribution in [0.3, 0.4) is 0 Å². The molecule has 0 aromatic carbocycles. The van der Waals surface area contributed by atoms with E-state index in [0.717, 1.165) is 0 Å². The first-order chi connectivity index (χ1) is 4.12. The SMILES string of the molecule is C=P(O)(OC)OCCO. The molecule has 0 spiro atoms. The Morgan fingerprint density at radius 2 is 2.22 bits per heavy atom. The second-order valence-corrected chi connectivity index (χ2v) is 3.28. The fourth-order valence-corrected chi connectivity index (χ4v) is 0.709. The van der Waals surface area contributed by atoms with Crippen LogP contribution in [-0.2, 0) is 9.05 Å². The van der Waals surface area contributed by atoms with Crippen molar-refractivity contribution in [2.45, 2.75) is 0 Å². The molecule has 0 aliphatic rings. The van der Waals surface area contributed by atoms with Crippen molar-refractivity contribution in [2.75, 3.05) is 20.3 Å². The van der Waals surface area contributed by atoms with E-state index in [-0.39, 0.29) is 13.2 Å². The molecule has 5 heteroatoms. The molecule has 0 amide bonds. The van der Waals surface area contributed by atoms with Gasteiger partial charge in [-0.05, 0) is 6.30 Å². The zero-order valence-electron chi connectivity index (χ0n) is 5.28. The molecule has 1 unspecified atom stereocenters. The second-order valence-electron chi connectivity index (χ2n) is 1.38. The van der Waals surface area contributed by atoms with Gasteiger partial charge in [0.05, 0.1) is 13.2 Å². The first-order valence-electron chi connectivity index (χ1n) is 2.39. The monoisotopic (exact) mass is 154 g/mol. The smallest absolute Gasteiger partial charge is 0.247 e. The number of rotatable bonds is 4. The summed E-state index contributed by atoms with van der Waals surface area (Å²) in [6.07, 6.45) is 3.24. The van der Waals surface area contributed by atoms with Gasteiger partial charge in [0, 0.05) is 7.11 Å². The molecule has 0 aromatic rings. The van der Waals surface area contributed by atoms with Crippen molar-refractivity contribution in [3.05, 3.63) is 0 Å². The van der Waals surface area contributed by atoms with E-state index >= 15 is 0 Å². The van der Waals surface area contributed by atoms with Gasteiger partial charge in [-0.1, -0.05) is 0 Å². The number of hydrogen-bond acceptors (Lipinski definition) is 4. The highest BCUT2D eigenvalue weighted by atomic mass is 31.2. The lowest BCUT2D eigenvalue weighted by atomic mass is 10.8. The highest BCUT2D eigenvalue weighted by molar-refractivity contribution is 7.58. The predicted molar refractivity (Wildman–Crippen MR) is 36.3 cm³/mol. The third-order valence-electron chi connectivity index (χ3n) is 0.670. The Kier molecular flexibility index (Phi) is 4.10. The summed E-state index contributed by atoms with van der Waals surface area (Å²) in [4.78, 5) is 8.90. The minimum atomic E-state index is -2.85. The van der Waals surface area contributed by atoms with Crippen LogP contribution < -0.4 is 0 Å². The molecule has 0 bridgehead atoms. The summed E-state index contributed by atoms with van der Waals surface area (Å²) < 4.78 is 9.07. The molecule has 0 fully saturated rings. The van der Waals surface area contributed by atoms with Crippen molar-refractivity contribution in [3.63, 3.8) is 0 Å². The molecule has 56 valence electrons. The third-order valence-corrected chi connectivity index (χ3v) is 1.83. The predicted octanol–water partition coefficient (Wildman–Crippen LogP) is -0.171. The van der Waals surface area contributed by atoms with Crippen LogP contribution in [0.1, 0.15) is 0 Å². The van der Waals surface area contributed by atoms with E-state index < -0.39 is 7.57 Å². The average Bonchev–Trinajstić information content (AvgIpc) is 1.84. The average molecular weight is 154 g/mol. The molecule has 4 nitrogen and oxygen atoms in total. The summed E-state index contributed by atoms with van der Waals surface area (Å²) in [5, 5.41) is 8.22. The first-order valence-corrected chi connectivity index (χ1v) is 4.16. The van der Waals surface area contributed by atoms with Gasteiger partial charge >= 0.3 is 0 Å². The Balaban J connectivity index is 3.46. The molecular formula is C4H11O4P. The molecule has 0 rings (SSSR count). The molecule has 0 radical (unpaired) electrons. The summed E-state index contributed by atoms with van der Waals surface area (Å²) in [5.41, 5.74) is 0. The molecule has 0 heterocycles. The molecule has 0 aliphatic carbocycles. The van der Waals surface area contributed by atoms with E-state index in [4.69, 9.17) is 10.00 Å². The van der Waals surface area contributed by atoms with Crippen LogP contribution in [0, 0.1) is 0 Å². The van der Waals surface area contributed by atoms with Gasteiger partial charge in [0.25, 0.3) is 0 Å². The van der Waals surface area contributed by atoms with Gasteiger partial charge in [-0.3, -0.25) is 0 Å². The molecule has 0 aliphatic heterocycles. The first kappa shape index (κ1) is 9.14. The zero-order chi connectivity index (χ0) is 7.33. The van der Waals surface area contributed by atoms with Crippen LogP contribution in [0.15, 0.2) is 0 Å². The second kappa shape index (κ2) is 4.04. The van der Waals surface area contributed by atoms with Crippen molar-refractivity contribution in [3.8, 4) is 0 Å². The fourth-order valence-electron chi connectivity index (χ4n) is 0.236. The minimum Gasteiger partial charge on any atom is -0.394 e. The van der Waals surface area contributed by atoms with E-state index in [9.17, 15) is 0 Å². The lowest BCUT2D eigenvalue weighted by Crippen LogP contribution is -1.98. The van der Waals surface area contributed by atoms with Crippen molar-refractivity contribution in [1.82, 2.24) is 0 Å². The van der Waals surface area contributed by atoms with E-state index in [1.165, 1.54) is 7.11 Å². The van der Waals surface area contributed by atoms with Gasteiger partial charge < -0.3 is 19.0 Å². The van der Waals surface area contributed by atoms with E-state index in [0.29, 0.717) is 0 Å². The number of hydrogen-bond donors (Lipinski definition) is 2. The van der Waals surface area contributed by atoms with Crippen molar-refractivity contribution in [1.29, 1.82) is 0 Å². The lowest BCUT2D eigenvalue weighted by Gasteiger charge is -2.13. The Morgan fingerprint density at radius 3 is 2.56 bits per heavy atom. The van der Waals surface area contributed by atoms with E-state index in [1.807, 2.05) is 0 Å². The van der Waals surface area contributed by atoms with Gasteiger partial charge in [-0.25, -0.2) is 0 Å². The van der Waals surface area contributed by atoms with Crippen LogP contribution in [0.2, 0.25) is 0 Å². The van der Waals surface area contributed by atoms with Crippen LogP contribution >= 0.6 is 7.57 Å². The largest absolute Gasteiger partial charge is 0.394 e. The van der Waals surface area contributed by atoms with Crippen molar-refractivity contribution in [2.24, 2.45) is 0 Å². The third kappa shape index (κ3) is 4.63. The fraction of sp³-hybridized carbons (Fsp3) is 0.750. The van der Waals surface area contributed by atoms with Crippen LogP contribution in [-0.4, -0.2) is 36.6 Å². The van der Waals surface area contributed by atoms with Crippen LogP contribution in [0.5, 0.6) is 0 Å². The minimum absolute atomic E-state index is 0.0572. The molecule has 0 aromatic heterocycles. The topological polar surface area (TPSA) is 58.9 Å². The Hall–Kier alpha value is 0.140. The molecule has 2 N–H and O–H groups in total. The maximum atomic E-state index is 8.90. The summed E-state index contributed by atoms with van der Waals surface area (Å²) in [6, 6.07) is 0. The quantitative estimate of drug-likeness (QED) is 0.552. The summed E-state index contributed by atoms with van der Waals surface area (Å²) >= 11 is 0. The summed E-state index contributed by atoms with van der Waals surface area (Å²) in [6.45, 7) is -0.0805. The molecule has 1 atom stereocenters. The lowest BCUT2D eigenvalue weighted by molar-refractivity contribution is 0.168. The van der Waals surface area contributed by atoms with Crippen LogP contribution in [0.4, 0.5) is 0 Å². The molecular weight excluding hydrogens is 143 g/mol. The summed E-state index contributed by atoms with van der Waals surface area (Å²) in [5.74, 6) is 0. The maximum absolute atomic E-state index is 8.90. The number of aliphatic hydroxyl groups is 1. The standard InChI is InChI=1S/C4H11O4P/c1-7-9(2,6)8-4-3-5/h5-6H,2-4H2,1H3. The zero-order valence-corrected chi connectivity index (χ0v) is 6.17. The van der Waals surface area contributed by atoms with Gasteiger partial charge in [-0.2, -0.15) is 0 Å². The Labute approximate surface area is 54.3 Å². The molecule has 9 heavy (non-hydrogen) atoms. The molecule has 0 saturated heterocycles. The van der Waals surface area contributed by atoms with Gasteiger partial charge in [0.1, 0.15) is 0 Å². The maximum Gasteiger partial charge on any atom is 0.247 e. The Bertz CT molecular complexity index is 113.